The average Bonchev–Trinajstić information content (AvgIpc) is 2.84. The average molecular weight is 295 g/mol. The normalized spacial score (nSPS) is 13.0. The highest BCUT2D eigenvalue weighted by Crippen LogP contribution is 2.33. The van der Waals surface area contributed by atoms with E-state index in [1.807, 2.05) is 0 Å². The van der Waals surface area contributed by atoms with Gasteiger partial charge in [0, 0.05) is 12.5 Å². The van der Waals surface area contributed by atoms with Crippen molar-refractivity contribution in [2.75, 3.05) is 0 Å². The van der Waals surface area contributed by atoms with Gasteiger partial charge in [-0.15, -0.1) is 5.10 Å². The summed E-state index contributed by atoms with van der Waals surface area (Å²) in [5, 5.41) is 16.4. The first-order valence-electron chi connectivity index (χ1n) is 6.10. The molecule has 1 aromatic carbocycles. The Morgan fingerprint density at radius 2 is 2.14 bits per heavy atom. The van der Waals surface area contributed by atoms with Crippen LogP contribution in [0.3, 0.4) is 0 Å². The molecule has 5 nitrogen and oxygen atoms in total. The molecule has 0 aliphatic rings. The molecule has 0 bridgehead atoms. The lowest BCUT2D eigenvalue weighted by Gasteiger charge is -2.10. The van der Waals surface area contributed by atoms with Crippen LogP contribution in [0.15, 0.2) is 24.4 Å². The molecule has 110 valence electrons. The van der Waals surface area contributed by atoms with Crippen molar-refractivity contribution in [3.05, 3.63) is 41.2 Å². The maximum Gasteiger partial charge on any atom is 0.417 e. The Balaban J connectivity index is 2.41. The fourth-order valence-electron chi connectivity index (χ4n) is 1.85. The first-order chi connectivity index (χ1) is 9.81. The molecule has 1 atom stereocenters. The van der Waals surface area contributed by atoms with E-state index in [1.54, 1.807) is 6.92 Å². The molecule has 0 unspecified atom stereocenters. The summed E-state index contributed by atoms with van der Waals surface area (Å²) >= 11 is 0. The summed E-state index contributed by atoms with van der Waals surface area (Å²) in [6, 6.07) is 4.79. The van der Waals surface area contributed by atoms with Crippen LogP contribution in [0.25, 0.3) is 5.69 Å². The molecular weight excluding hydrogens is 283 g/mol. The van der Waals surface area contributed by atoms with Crippen LogP contribution in [-0.4, -0.2) is 21.0 Å². The number of hydrogen-bond donors (Lipinski definition) is 1. The standard InChI is InChI=1S/C13H12F3N5/c1-8(18)4-10-7-21(20-19-10)11-3-2-9(6-17)12(5-11)13(14,15)16/h2-3,5,7-8H,4,18H2,1H3/t8-/m0/s1. The molecule has 0 radical (unpaired) electrons. The van der Waals surface area contributed by atoms with Crippen molar-refractivity contribution >= 4 is 0 Å². The number of nitriles is 1. The molecule has 0 aliphatic carbocycles. The third-order valence-electron chi connectivity index (χ3n) is 2.77. The van der Waals surface area contributed by atoms with Gasteiger partial charge in [0.05, 0.1) is 34.8 Å². The van der Waals surface area contributed by atoms with E-state index < -0.39 is 17.3 Å². The van der Waals surface area contributed by atoms with Crippen LogP contribution in [0.4, 0.5) is 13.2 Å². The fourth-order valence-corrected chi connectivity index (χ4v) is 1.85. The smallest absolute Gasteiger partial charge is 0.328 e. The molecular formula is C13H12F3N5. The third-order valence-corrected chi connectivity index (χ3v) is 2.77. The SMILES string of the molecule is C[C@H](N)Cc1cn(-c2ccc(C#N)c(C(F)(F)F)c2)nn1. The van der Waals surface area contributed by atoms with E-state index in [9.17, 15) is 13.2 Å². The second kappa shape index (κ2) is 5.54. The Labute approximate surface area is 118 Å². The molecule has 1 heterocycles. The number of rotatable bonds is 3. The number of benzene rings is 1. The molecule has 8 heteroatoms. The third kappa shape index (κ3) is 3.38. The first kappa shape index (κ1) is 15.0. The molecule has 2 N–H and O–H groups in total. The van der Waals surface area contributed by atoms with Gasteiger partial charge in [0.2, 0.25) is 0 Å². The second-order valence-electron chi connectivity index (χ2n) is 4.68. The highest BCUT2D eigenvalue weighted by molar-refractivity contribution is 5.47. The van der Waals surface area contributed by atoms with Gasteiger partial charge in [-0.25, -0.2) is 4.68 Å². The van der Waals surface area contributed by atoms with Crippen LogP contribution in [0.1, 0.15) is 23.7 Å². The zero-order valence-electron chi connectivity index (χ0n) is 11.1. The number of hydrogen-bond acceptors (Lipinski definition) is 4. The molecule has 0 fully saturated rings. The molecule has 21 heavy (non-hydrogen) atoms. The van der Waals surface area contributed by atoms with E-state index in [2.05, 4.69) is 10.3 Å². The van der Waals surface area contributed by atoms with Crippen molar-refractivity contribution in [2.45, 2.75) is 25.6 Å². The zero-order chi connectivity index (χ0) is 15.6. The van der Waals surface area contributed by atoms with Crippen molar-refractivity contribution in [3.8, 4) is 11.8 Å². The summed E-state index contributed by atoms with van der Waals surface area (Å²) < 4.78 is 39.9. The van der Waals surface area contributed by atoms with Gasteiger partial charge >= 0.3 is 6.18 Å². The van der Waals surface area contributed by atoms with Crippen LogP contribution in [0.5, 0.6) is 0 Å². The molecule has 2 rings (SSSR count). The summed E-state index contributed by atoms with van der Waals surface area (Å²) in [4.78, 5) is 0. The highest BCUT2D eigenvalue weighted by atomic mass is 19.4. The summed E-state index contributed by atoms with van der Waals surface area (Å²) in [5.74, 6) is 0. The quantitative estimate of drug-likeness (QED) is 0.939. The van der Waals surface area contributed by atoms with Crippen LogP contribution in [0, 0.1) is 11.3 Å². The Kier molecular flexibility index (Phi) is 3.95. The summed E-state index contributed by atoms with van der Waals surface area (Å²) in [6.45, 7) is 1.79. The van der Waals surface area contributed by atoms with Crippen LogP contribution >= 0.6 is 0 Å². The van der Waals surface area contributed by atoms with E-state index in [0.29, 0.717) is 12.1 Å². The van der Waals surface area contributed by atoms with Crippen molar-refractivity contribution < 1.29 is 13.2 Å². The minimum absolute atomic E-state index is 0.123. The number of halogens is 3. The Bertz CT molecular complexity index is 682. The molecule has 0 saturated carbocycles. The van der Waals surface area contributed by atoms with Crippen LogP contribution in [0.2, 0.25) is 0 Å². The van der Waals surface area contributed by atoms with E-state index in [4.69, 9.17) is 11.0 Å². The predicted molar refractivity (Wildman–Crippen MR) is 68.4 cm³/mol. The predicted octanol–water partition coefficient (Wildman–Crippen LogP) is 2.05. The molecule has 0 saturated heterocycles. The molecule has 0 amide bonds. The molecule has 1 aromatic heterocycles. The van der Waals surface area contributed by atoms with Gasteiger partial charge in [-0.2, -0.15) is 18.4 Å². The van der Waals surface area contributed by atoms with Gasteiger partial charge in [-0.3, -0.25) is 0 Å². The summed E-state index contributed by atoms with van der Waals surface area (Å²) in [6.07, 6.45) is -2.61. The van der Waals surface area contributed by atoms with E-state index in [1.165, 1.54) is 23.0 Å². The lowest BCUT2D eigenvalue weighted by atomic mass is 10.1. The van der Waals surface area contributed by atoms with Gasteiger partial charge in [-0.1, -0.05) is 5.21 Å². The van der Waals surface area contributed by atoms with Gasteiger partial charge in [0.15, 0.2) is 0 Å². The van der Waals surface area contributed by atoms with Gasteiger partial charge in [0.25, 0.3) is 0 Å². The maximum absolute atomic E-state index is 12.9. The largest absolute Gasteiger partial charge is 0.417 e. The van der Waals surface area contributed by atoms with E-state index in [-0.39, 0.29) is 11.7 Å². The molecule has 0 aliphatic heterocycles. The Morgan fingerprint density at radius 1 is 1.43 bits per heavy atom. The second-order valence-corrected chi connectivity index (χ2v) is 4.68. The van der Waals surface area contributed by atoms with Crippen molar-refractivity contribution in [1.82, 2.24) is 15.0 Å². The van der Waals surface area contributed by atoms with Gasteiger partial charge in [-0.05, 0) is 25.1 Å². The molecule has 2 aromatic rings. The number of aromatic nitrogens is 3. The minimum atomic E-state index is -4.60. The van der Waals surface area contributed by atoms with Crippen molar-refractivity contribution in [1.29, 1.82) is 5.26 Å². The zero-order valence-corrected chi connectivity index (χ0v) is 11.1. The topological polar surface area (TPSA) is 80.5 Å². The Hall–Kier alpha value is -2.40. The fraction of sp³-hybridized carbons (Fsp3) is 0.308. The van der Waals surface area contributed by atoms with Gasteiger partial charge < -0.3 is 5.73 Å². The minimum Gasteiger partial charge on any atom is -0.328 e. The Morgan fingerprint density at radius 3 is 2.71 bits per heavy atom. The molecule has 0 spiro atoms. The lowest BCUT2D eigenvalue weighted by Crippen LogP contribution is -2.17. The van der Waals surface area contributed by atoms with E-state index >= 15 is 0 Å². The van der Waals surface area contributed by atoms with Crippen LogP contribution < -0.4 is 5.73 Å². The first-order valence-corrected chi connectivity index (χ1v) is 6.10. The summed E-state index contributed by atoms with van der Waals surface area (Å²) in [7, 11) is 0. The maximum atomic E-state index is 12.9. The summed E-state index contributed by atoms with van der Waals surface area (Å²) in [5.41, 5.74) is 4.98. The number of nitrogens with zero attached hydrogens (tertiary/aromatic N) is 4. The van der Waals surface area contributed by atoms with Crippen molar-refractivity contribution in [2.24, 2.45) is 5.73 Å². The lowest BCUT2D eigenvalue weighted by molar-refractivity contribution is -0.137. The monoisotopic (exact) mass is 295 g/mol. The number of nitrogens with two attached hydrogens (primary N) is 1. The van der Waals surface area contributed by atoms with E-state index in [0.717, 1.165) is 12.1 Å². The van der Waals surface area contributed by atoms with Crippen molar-refractivity contribution in [3.63, 3.8) is 0 Å². The van der Waals surface area contributed by atoms with Gasteiger partial charge in [0.1, 0.15) is 0 Å². The highest BCUT2D eigenvalue weighted by Gasteiger charge is 2.34. The number of alkyl halides is 3. The van der Waals surface area contributed by atoms with Crippen LogP contribution in [-0.2, 0) is 12.6 Å².